The second kappa shape index (κ2) is 3.55. The fourth-order valence-corrected chi connectivity index (χ4v) is 1.82. The van der Waals surface area contributed by atoms with E-state index < -0.39 is 0 Å². The number of carbonyl (C=O) groups is 1. The topological polar surface area (TPSA) is 56.5 Å². The second-order valence-electron chi connectivity index (χ2n) is 3.62. The van der Waals surface area contributed by atoms with Crippen LogP contribution < -0.4 is 0 Å². The van der Waals surface area contributed by atoms with Gasteiger partial charge in [0.05, 0.1) is 23.7 Å². The molecule has 0 aliphatic rings. The molecule has 0 atom stereocenters. The second-order valence-corrected chi connectivity index (χ2v) is 3.62. The summed E-state index contributed by atoms with van der Waals surface area (Å²) in [4.78, 5) is 11.5. The van der Waals surface area contributed by atoms with Gasteiger partial charge in [-0.05, 0) is 30.3 Å². The lowest BCUT2D eigenvalue weighted by Gasteiger charge is -1.98. The van der Waals surface area contributed by atoms with Crippen molar-refractivity contribution in [2.24, 2.45) is 0 Å². The van der Waals surface area contributed by atoms with Gasteiger partial charge in [0.25, 0.3) is 0 Å². The van der Waals surface area contributed by atoms with Crippen molar-refractivity contribution in [1.82, 2.24) is 14.8 Å². The summed E-state index contributed by atoms with van der Waals surface area (Å²) in [6.07, 6.45) is 1.67. The highest BCUT2D eigenvalue weighted by atomic mass is 16.5. The first kappa shape index (κ1) is 9.77. The average molecular weight is 227 g/mol. The molecule has 17 heavy (non-hydrogen) atoms. The van der Waals surface area contributed by atoms with Crippen molar-refractivity contribution in [3.05, 3.63) is 42.1 Å². The molecule has 0 fully saturated rings. The molecule has 0 amide bonds. The van der Waals surface area contributed by atoms with E-state index in [0.29, 0.717) is 5.56 Å². The fraction of sp³-hybridized carbons (Fsp3) is 0.0833. The van der Waals surface area contributed by atoms with Crippen LogP contribution in [0.1, 0.15) is 10.4 Å². The minimum absolute atomic E-state index is 0.352. The fourth-order valence-electron chi connectivity index (χ4n) is 1.82. The normalized spacial score (nSPS) is 10.9. The van der Waals surface area contributed by atoms with Crippen molar-refractivity contribution in [2.75, 3.05) is 7.11 Å². The number of aromatic nitrogens is 3. The van der Waals surface area contributed by atoms with E-state index in [-0.39, 0.29) is 5.97 Å². The van der Waals surface area contributed by atoms with E-state index in [1.165, 1.54) is 7.11 Å². The van der Waals surface area contributed by atoms with Crippen LogP contribution in [0.25, 0.3) is 16.4 Å². The summed E-state index contributed by atoms with van der Waals surface area (Å²) in [7, 11) is 1.37. The Kier molecular flexibility index (Phi) is 2.04. The van der Waals surface area contributed by atoms with E-state index in [0.717, 1.165) is 16.4 Å². The standard InChI is InChI=1S/C12H9N3O2/c1-17-12(16)8-4-5-10-9(7-8)11-3-2-6-13-15(11)14-10/h2-7H,1H3. The monoisotopic (exact) mass is 227 g/mol. The summed E-state index contributed by atoms with van der Waals surface area (Å²) in [6, 6.07) is 8.99. The van der Waals surface area contributed by atoms with Crippen LogP contribution in [0.4, 0.5) is 0 Å². The molecule has 84 valence electrons. The van der Waals surface area contributed by atoms with Crippen LogP contribution in [-0.2, 0) is 4.74 Å². The molecule has 0 unspecified atom stereocenters. The summed E-state index contributed by atoms with van der Waals surface area (Å²) in [5.74, 6) is -0.352. The zero-order chi connectivity index (χ0) is 11.8. The summed E-state index contributed by atoms with van der Waals surface area (Å²) < 4.78 is 6.24. The first-order chi connectivity index (χ1) is 8.29. The Labute approximate surface area is 96.6 Å². The van der Waals surface area contributed by atoms with Crippen LogP contribution in [0.3, 0.4) is 0 Å². The molecule has 0 saturated carbocycles. The van der Waals surface area contributed by atoms with Gasteiger partial charge in [-0.25, -0.2) is 4.79 Å². The molecule has 2 aromatic heterocycles. The van der Waals surface area contributed by atoms with Crippen LogP contribution in [0, 0.1) is 0 Å². The third-order valence-corrected chi connectivity index (χ3v) is 2.63. The van der Waals surface area contributed by atoms with Crippen LogP contribution in [0.2, 0.25) is 0 Å². The zero-order valence-corrected chi connectivity index (χ0v) is 9.12. The number of esters is 1. The van der Waals surface area contributed by atoms with E-state index in [1.54, 1.807) is 29.0 Å². The Morgan fingerprint density at radius 2 is 2.24 bits per heavy atom. The minimum Gasteiger partial charge on any atom is -0.465 e. The van der Waals surface area contributed by atoms with Crippen molar-refractivity contribution in [3.63, 3.8) is 0 Å². The lowest BCUT2D eigenvalue weighted by Crippen LogP contribution is -2.00. The molecule has 5 heteroatoms. The average Bonchev–Trinajstić information content (AvgIpc) is 2.75. The molecule has 5 nitrogen and oxygen atoms in total. The summed E-state index contributed by atoms with van der Waals surface area (Å²) in [6.45, 7) is 0. The van der Waals surface area contributed by atoms with E-state index in [2.05, 4.69) is 10.2 Å². The van der Waals surface area contributed by atoms with E-state index >= 15 is 0 Å². The largest absolute Gasteiger partial charge is 0.465 e. The van der Waals surface area contributed by atoms with Gasteiger partial charge in [-0.15, -0.1) is 5.10 Å². The Hall–Kier alpha value is -2.43. The van der Waals surface area contributed by atoms with Crippen LogP contribution in [0.15, 0.2) is 36.5 Å². The third-order valence-electron chi connectivity index (χ3n) is 2.63. The minimum atomic E-state index is -0.352. The first-order valence-electron chi connectivity index (χ1n) is 5.12. The van der Waals surface area contributed by atoms with Gasteiger partial charge >= 0.3 is 5.97 Å². The van der Waals surface area contributed by atoms with Gasteiger partial charge in [0.1, 0.15) is 0 Å². The molecule has 0 aliphatic carbocycles. The maximum absolute atomic E-state index is 11.5. The van der Waals surface area contributed by atoms with Crippen LogP contribution in [-0.4, -0.2) is 27.9 Å². The van der Waals surface area contributed by atoms with Gasteiger partial charge in [0.15, 0.2) is 0 Å². The third kappa shape index (κ3) is 1.44. The SMILES string of the molecule is COC(=O)c1ccc2nn3ncccc3c2c1. The van der Waals surface area contributed by atoms with E-state index in [1.807, 2.05) is 12.1 Å². The number of rotatable bonds is 1. The number of methoxy groups -OCH3 is 1. The molecular formula is C12H9N3O2. The lowest BCUT2D eigenvalue weighted by molar-refractivity contribution is 0.0601. The van der Waals surface area contributed by atoms with Crippen molar-refractivity contribution in [3.8, 4) is 0 Å². The Morgan fingerprint density at radius 3 is 3.06 bits per heavy atom. The predicted molar refractivity (Wildman–Crippen MR) is 61.8 cm³/mol. The summed E-state index contributed by atoms with van der Waals surface area (Å²) in [5, 5.41) is 9.29. The number of carbonyl (C=O) groups excluding carboxylic acids is 1. The molecule has 0 N–H and O–H groups in total. The number of hydrogen-bond acceptors (Lipinski definition) is 4. The Balaban J connectivity index is 2.33. The molecule has 0 radical (unpaired) electrons. The molecule has 0 saturated heterocycles. The van der Waals surface area contributed by atoms with E-state index in [4.69, 9.17) is 4.74 Å². The summed E-state index contributed by atoms with van der Waals surface area (Å²) in [5.41, 5.74) is 2.18. The maximum Gasteiger partial charge on any atom is 0.337 e. The van der Waals surface area contributed by atoms with E-state index in [9.17, 15) is 4.79 Å². The van der Waals surface area contributed by atoms with Gasteiger partial charge in [0.2, 0.25) is 0 Å². The van der Waals surface area contributed by atoms with Gasteiger partial charge in [-0.3, -0.25) is 0 Å². The number of nitrogens with zero attached hydrogens (tertiary/aromatic N) is 3. The quantitative estimate of drug-likeness (QED) is 0.593. The molecule has 2 heterocycles. The van der Waals surface area contributed by atoms with Gasteiger partial charge in [-0.1, -0.05) is 0 Å². The highest BCUT2D eigenvalue weighted by Gasteiger charge is 2.10. The number of hydrogen-bond donors (Lipinski definition) is 0. The van der Waals surface area contributed by atoms with Crippen LogP contribution in [0.5, 0.6) is 0 Å². The van der Waals surface area contributed by atoms with Crippen molar-refractivity contribution in [1.29, 1.82) is 0 Å². The van der Waals surface area contributed by atoms with Crippen molar-refractivity contribution in [2.45, 2.75) is 0 Å². The first-order valence-corrected chi connectivity index (χ1v) is 5.12. The van der Waals surface area contributed by atoms with Crippen LogP contribution >= 0.6 is 0 Å². The maximum atomic E-state index is 11.5. The summed E-state index contributed by atoms with van der Waals surface area (Å²) >= 11 is 0. The molecule has 0 bridgehead atoms. The lowest BCUT2D eigenvalue weighted by atomic mass is 10.1. The Bertz CT molecular complexity index is 718. The van der Waals surface area contributed by atoms with Crippen molar-refractivity contribution >= 4 is 22.4 Å². The van der Waals surface area contributed by atoms with Crippen molar-refractivity contribution < 1.29 is 9.53 Å². The van der Waals surface area contributed by atoms with Gasteiger partial charge < -0.3 is 4.74 Å². The number of ether oxygens (including phenoxy) is 1. The zero-order valence-electron chi connectivity index (χ0n) is 9.12. The number of benzene rings is 1. The molecular weight excluding hydrogens is 218 g/mol. The smallest absolute Gasteiger partial charge is 0.337 e. The molecule has 3 rings (SSSR count). The highest BCUT2D eigenvalue weighted by molar-refractivity contribution is 6.00. The predicted octanol–water partition coefficient (Wildman–Crippen LogP) is 1.67. The Morgan fingerprint density at radius 1 is 1.35 bits per heavy atom. The molecule has 0 aliphatic heterocycles. The van der Waals surface area contributed by atoms with Gasteiger partial charge in [0, 0.05) is 11.6 Å². The molecule has 3 aromatic rings. The highest BCUT2D eigenvalue weighted by Crippen LogP contribution is 2.20. The molecule has 1 aromatic carbocycles. The van der Waals surface area contributed by atoms with Gasteiger partial charge in [-0.2, -0.15) is 9.73 Å². The number of fused-ring (bicyclic) bond motifs is 3. The molecule has 0 spiro atoms.